The third-order valence-corrected chi connectivity index (χ3v) is 3.70. The Balaban J connectivity index is 2.04. The number of carbonyl (C=O) groups excluding carboxylic acids is 1. The zero-order valence-electron chi connectivity index (χ0n) is 14.3. The molecule has 1 N–H and O–H groups in total. The van der Waals surface area contributed by atoms with Gasteiger partial charge in [0.1, 0.15) is 0 Å². The number of methoxy groups -OCH3 is 3. The van der Waals surface area contributed by atoms with Crippen molar-refractivity contribution in [1.29, 1.82) is 0 Å². The Morgan fingerprint density at radius 2 is 1.76 bits per heavy atom. The minimum absolute atomic E-state index is 0.214. The maximum atomic E-state index is 12.0. The minimum Gasteiger partial charge on any atom is -0.493 e. The molecule has 0 radical (unpaired) electrons. The number of benzene rings is 2. The van der Waals surface area contributed by atoms with Gasteiger partial charge >= 0.3 is 0 Å². The van der Waals surface area contributed by atoms with Gasteiger partial charge in [0.05, 0.1) is 21.3 Å². The van der Waals surface area contributed by atoms with E-state index in [1.165, 1.54) is 6.08 Å². The van der Waals surface area contributed by atoms with Crippen LogP contribution in [0.4, 0.5) is 0 Å². The van der Waals surface area contributed by atoms with Crippen LogP contribution < -0.4 is 19.5 Å². The molecule has 0 saturated carbocycles. The average molecular weight is 362 g/mol. The van der Waals surface area contributed by atoms with Gasteiger partial charge < -0.3 is 19.5 Å². The molecule has 0 heterocycles. The van der Waals surface area contributed by atoms with Gasteiger partial charge in [-0.2, -0.15) is 0 Å². The third-order valence-electron chi connectivity index (χ3n) is 3.47. The number of amides is 1. The smallest absolute Gasteiger partial charge is 0.244 e. The number of rotatable bonds is 7. The van der Waals surface area contributed by atoms with E-state index in [9.17, 15) is 4.79 Å². The van der Waals surface area contributed by atoms with Crippen LogP contribution >= 0.6 is 11.6 Å². The first-order valence-corrected chi connectivity index (χ1v) is 7.95. The molecule has 2 aromatic rings. The zero-order chi connectivity index (χ0) is 18.2. The Hall–Kier alpha value is -2.66. The molecule has 0 aliphatic rings. The van der Waals surface area contributed by atoms with Crippen LogP contribution in [0.3, 0.4) is 0 Å². The number of hydrogen-bond acceptors (Lipinski definition) is 4. The Morgan fingerprint density at radius 3 is 2.32 bits per heavy atom. The van der Waals surface area contributed by atoms with Gasteiger partial charge in [0.15, 0.2) is 11.5 Å². The molecular weight excluding hydrogens is 342 g/mol. The SMILES string of the molecule is COc1cc(CNC(=O)/C=C/c2cccc(Cl)c2)cc(OC)c1OC. The molecule has 0 bridgehead atoms. The number of carbonyl (C=O) groups is 1. The lowest BCUT2D eigenvalue weighted by atomic mass is 10.1. The monoisotopic (exact) mass is 361 g/mol. The Kier molecular flexibility index (Phi) is 6.71. The normalized spacial score (nSPS) is 10.6. The first kappa shape index (κ1) is 18.7. The summed E-state index contributed by atoms with van der Waals surface area (Å²) in [4.78, 5) is 12.0. The second-order valence-corrected chi connectivity index (χ2v) is 5.58. The third kappa shape index (κ3) is 5.16. The summed E-state index contributed by atoms with van der Waals surface area (Å²) in [6, 6.07) is 10.9. The van der Waals surface area contributed by atoms with Crippen molar-refractivity contribution in [3.8, 4) is 17.2 Å². The van der Waals surface area contributed by atoms with E-state index in [0.29, 0.717) is 28.8 Å². The highest BCUT2D eigenvalue weighted by Gasteiger charge is 2.13. The highest BCUT2D eigenvalue weighted by Crippen LogP contribution is 2.38. The lowest BCUT2D eigenvalue weighted by molar-refractivity contribution is -0.116. The molecule has 6 heteroatoms. The van der Waals surface area contributed by atoms with Gasteiger partial charge in [-0.05, 0) is 41.5 Å². The lowest BCUT2D eigenvalue weighted by Gasteiger charge is -2.14. The standard InChI is InChI=1S/C19H20ClNO4/c1-23-16-10-14(11-17(24-2)19(16)25-3)12-21-18(22)8-7-13-5-4-6-15(20)9-13/h4-11H,12H2,1-3H3,(H,21,22)/b8-7+. The van der Waals surface area contributed by atoms with Crippen molar-refractivity contribution in [1.82, 2.24) is 5.32 Å². The fourth-order valence-electron chi connectivity index (χ4n) is 2.27. The maximum Gasteiger partial charge on any atom is 0.244 e. The summed E-state index contributed by atoms with van der Waals surface area (Å²) in [7, 11) is 4.64. The highest BCUT2D eigenvalue weighted by atomic mass is 35.5. The second kappa shape index (κ2) is 8.99. The maximum absolute atomic E-state index is 12.0. The van der Waals surface area contributed by atoms with E-state index in [1.54, 1.807) is 51.7 Å². The van der Waals surface area contributed by atoms with E-state index in [1.807, 2.05) is 12.1 Å². The molecule has 2 aromatic carbocycles. The largest absolute Gasteiger partial charge is 0.493 e. The van der Waals surface area contributed by atoms with E-state index in [4.69, 9.17) is 25.8 Å². The van der Waals surface area contributed by atoms with Crippen molar-refractivity contribution in [2.24, 2.45) is 0 Å². The fourth-order valence-corrected chi connectivity index (χ4v) is 2.47. The minimum atomic E-state index is -0.214. The zero-order valence-corrected chi connectivity index (χ0v) is 15.1. The number of halogens is 1. The summed E-state index contributed by atoms with van der Waals surface area (Å²) in [5.41, 5.74) is 1.69. The van der Waals surface area contributed by atoms with Gasteiger partial charge in [0.2, 0.25) is 11.7 Å². The molecule has 1 amide bonds. The molecule has 132 valence electrons. The first-order chi connectivity index (χ1) is 12.1. The van der Waals surface area contributed by atoms with Gasteiger partial charge in [-0.1, -0.05) is 23.7 Å². The van der Waals surface area contributed by atoms with Crippen LogP contribution in [0.2, 0.25) is 5.02 Å². The highest BCUT2D eigenvalue weighted by molar-refractivity contribution is 6.30. The van der Waals surface area contributed by atoms with E-state index >= 15 is 0 Å². The van der Waals surface area contributed by atoms with Crippen molar-refractivity contribution in [3.05, 3.63) is 58.6 Å². The van der Waals surface area contributed by atoms with Crippen LogP contribution in [0.15, 0.2) is 42.5 Å². The molecule has 25 heavy (non-hydrogen) atoms. The Morgan fingerprint density at radius 1 is 1.08 bits per heavy atom. The first-order valence-electron chi connectivity index (χ1n) is 7.57. The lowest BCUT2D eigenvalue weighted by Crippen LogP contribution is -2.20. The van der Waals surface area contributed by atoms with Crippen molar-refractivity contribution < 1.29 is 19.0 Å². The van der Waals surface area contributed by atoms with Crippen molar-refractivity contribution in [3.63, 3.8) is 0 Å². The van der Waals surface area contributed by atoms with Crippen LogP contribution in [-0.4, -0.2) is 27.2 Å². The predicted molar refractivity (Wildman–Crippen MR) is 98.4 cm³/mol. The van der Waals surface area contributed by atoms with E-state index in [2.05, 4.69) is 5.32 Å². The molecular formula is C19H20ClNO4. The summed E-state index contributed by atoms with van der Waals surface area (Å²) in [6.07, 6.45) is 3.17. The molecule has 5 nitrogen and oxygen atoms in total. The summed E-state index contributed by atoms with van der Waals surface area (Å²) < 4.78 is 15.9. The van der Waals surface area contributed by atoms with Gasteiger partial charge in [-0.15, -0.1) is 0 Å². The predicted octanol–water partition coefficient (Wildman–Crippen LogP) is 3.70. The number of nitrogens with one attached hydrogen (secondary N) is 1. The molecule has 2 rings (SSSR count). The van der Waals surface area contributed by atoms with Crippen LogP contribution in [0.1, 0.15) is 11.1 Å². The van der Waals surface area contributed by atoms with Gasteiger partial charge in [0, 0.05) is 17.6 Å². The van der Waals surface area contributed by atoms with Gasteiger partial charge in [-0.25, -0.2) is 0 Å². The second-order valence-electron chi connectivity index (χ2n) is 5.14. The molecule has 0 fully saturated rings. The van der Waals surface area contributed by atoms with E-state index < -0.39 is 0 Å². The average Bonchev–Trinajstić information content (AvgIpc) is 2.63. The molecule has 0 spiro atoms. The van der Waals surface area contributed by atoms with Crippen molar-refractivity contribution in [2.75, 3.05) is 21.3 Å². The fraction of sp³-hybridized carbons (Fsp3) is 0.211. The van der Waals surface area contributed by atoms with Crippen molar-refractivity contribution in [2.45, 2.75) is 6.54 Å². The topological polar surface area (TPSA) is 56.8 Å². The Bertz CT molecular complexity index is 749. The number of hydrogen-bond donors (Lipinski definition) is 1. The van der Waals surface area contributed by atoms with E-state index in [-0.39, 0.29) is 5.91 Å². The van der Waals surface area contributed by atoms with Crippen LogP contribution in [0, 0.1) is 0 Å². The van der Waals surface area contributed by atoms with Gasteiger partial charge in [-0.3, -0.25) is 4.79 Å². The summed E-state index contributed by atoms with van der Waals surface area (Å²) in [5.74, 6) is 1.38. The number of ether oxygens (including phenoxy) is 3. The van der Waals surface area contributed by atoms with Crippen LogP contribution in [0.25, 0.3) is 6.08 Å². The van der Waals surface area contributed by atoms with Crippen LogP contribution in [-0.2, 0) is 11.3 Å². The molecule has 0 saturated heterocycles. The summed E-state index contributed by atoms with van der Waals surface area (Å²) in [5, 5.41) is 3.44. The van der Waals surface area contributed by atoms with Crippen molar-refractivity contribution >= 4 is 23.6 Å². The quantitative estimate of drug-likeness (QED) is 0.764. The molecule has 0 aliphatic heterocycles. The summed E-state index contributed by atoms with van der Waals surface area (Å²) >= 11 is 5.91. The molecule has 0 aliphatic carbocycles. The Labute approximate surface area is 152 Å². The van der Waals surface area contributed by atoms with Gasteiger partial charge in [0.25, 0.3) is 0 Å². The molecule has 0 aromatic heterocycles. The van der Waals surface area contributed by atoms with E-state index in [0.717, 1.165) is 11.1 Å². The molecule has 0 atom stereocenters. The van der Waals surface area contributed by atoms with Crippen LogP contribution in [0.5, 0.6) is 17.2 Å². The summed E-state index contributed by atoms with van der Waals surface area (Å²) in [6.45, 7) is 0.329. The molecule has 0 unspecified atom stereocenters.